The van der Waals surface area contributed by atoms with E-state index in [1.54, 1.807) is 0 Å². The molecule has 7 nitrogen and oxygen atoms in total. The van der Waals surface area contributed by atoms with Gasteiger partial charge in [0.15, 0.2) is 0 Å². The molecule has 146 valence electrons. The van der Waals surface area contributed by atoms with Crippen LogP contribution in [0.25, 0.3) is 21.9 Å². The Morgan fingerprint density at radius 2 is 2.21 bits per heavy atom. The van der Waals surface area contributed by atoms with Crippen LogP contribution in [-0.2, 0) is 11.2 Å². The highest BCUT2D eigenvalue weighted by atomic mass is 16.5. The Kier molecular flexibility index (Phi) is 4.29. The Hall–Kier alpha value is -3.24. The van der Waals surface area contributed by atoms with Crippen molar-refractivity contribution >= 4 is 21.9 Å². The van der Waals surface area contributed by atoms with E-state index < -0.39 is 0 Å². The number of imidazole rings is 1. The lowest BCUT2D eigenvalue weighted by molar-refractivity contribution is 0.00674. The van der Waals surface area contributed by atoms with E-state index in [9.17, 15) is 5.26 Å². The molecule has 2 atom stereocenters. The summed E-state index contributed by atoms with van der Waals surface area (Å²) >= 11 is 0. The molecule has 1 aliphatic heterocycles. The Morgan fingerprint density at radius 3 is 2.97 bits per heavy atom. The van der Waals surface area contributed by atoms with Crippen LogP contribution in [0.1, 0.15) is 48.5 Å². The first kappa shape index (κ1) is 17.8. The molecule has 0 N–H and O–H groups in total. The van der Waals surface area contributed by atoms with E-state index in [1.165, 1.54) is 0 Å². The highest BCUT2D eigenvalue weighted by Gasteiger charge is 2.24. The van der Waals surface area contributed by atoms with E-state index >= 15 is 0 Å². The van der Waals surface area contributed by atoms with Gasteiger partial charge in [0.1, 0.15) is 11.3 Å². The summed E-state index contributed by atoms with van der Waals surface area (Å²) in [5, 5.41) is 14.5. The third-order valence-corrected chi connectivity index (χ3v) is 5.58. The molecule has 1 aliphatic rings. The molecule has 0 amide bonds. The number of nitrogens with zero attached hydrogens (tertiary/aromatic N) is 5. The minimum absolute atomic E-state index is 0.214. The van der Waals surface area contributed by atoms with Gasteiger partial charge < -0.3 is 13.8 Å². The maximum absolute atomic E-state index is 9.40. The van der Waals surface area contributed by atoms with Crippen LogP contribution in [0.15, 0.2) is 35.1 Å². The molecule has 1 aromatic carbocycles. The highest BCUT2D eigenvalue weighted by molar-refractivity contribution is 6.04. The molecule has 4 aromatic rings. The van der Waals surface area contributed by atoms with Crippen LogP contribution < -0.4 is 0 Å². The molecule has 0 radical (unpaired) electrons. The molecular weight excluding hydrogens is 366 g/mol. The number of hydrogen-bond acceptors (Lipinski definition) is 6. The number of nitriles is 1. The van der Waals surface area contributed by atoms with Gasteiger partial charge in [-0.3, -0.25) is 0 Å². The average Bonchev–Trinajstić information content (AvgIpc) is 3.34. The van der Waals surface area contributed by atoms with Crippen LogP contribution in [0.4, 0.5) is 0 Å². The SMILES string of the molecule is Cc1cc(Cc2nc3ccc(C#N)cc3c3c2ncn3[C@@H]2CCO[C@H](C)C2)no1. The van der Waals surface area contributed by atoms with Crippen molar-refractivity contribution in [2.75, 3.05) is 6.61 Å². The van der Waals surface area contributed by atoms with Gasteiger partial charge in [-0.1, -0.05) is 5.16 Å². The van der Waals surface area contributed by atoms with E-state index in [1.807, 2.05) is 37.5 Å². The van der Waals surface area contributed by atoms with Crippen molar-refractivity contribution < 1.29 is 9.26 Å². The molecule has 0 saturated carbocycles. The zero-order chi connectivity index (χ0) is 20.0. The molecule has 3 aromatic heterocycles. The van der Waals surface area contributed by atoms with Gasteiger partial charge in [0.25, 0.3) is 0 Å². The summed E-state index contributed by atoms with van der Waals surface area (Å²) in [5.41, 5.74) is 5.05. The lowest BCUT2D eigenvalue weighted by Gasteiger charge is -2.28. The first-order valence-corrected chi connectivity index (χ1v) is 9.85. The molecule has 1 saturated heterocycles. The second kappa shape index (κ2) is 6.98. The molecule has 7 heteroatoms. The van der Waals surface area contributed by atoms with Gasteiger partial charge in [-0.15, -0.1) is 0 Å². The van der Waals surface area contributed by atoms with Crippen molar-refractivity contribution in [3.8, 4) is 6.07 Å². The Bertz CT molecular complexity index is 1250. The van der Waals surface area contributed by atoms with E-state index in [0.29, 0.717) is 18.0 Å². The number of ether oxygens (including phenoxy) is 1. The van der Waals surface area contributed by atoms with Crippen LogP contribution in [0.2, 0.25) is 0 Å². The van der Waals surface area contributed by atoms with Crippen molar-refractivity contribution in [3.05, 3.63) is 53.3 Å². The van der Waals surface area contributed by atoms with Crippen LogP contribution in [-0.4, -0.2) is 32.4 Å². The number of hydrogen-bond donors (Lipinski definition) is 0. The lowest BCUT2D eigenvalue weighted by atomic mass is 10.0. The summed E-state index contributed by atoms with van der Waals surface area (Å²) < 4.78 is 13.2. The van der Waals surface area contributed by atoms with E-state index in [0.717, 1.165) is 58.5 Å². The van der Waals surface area contributed by atoms with E-state index in [2.05, 4.69) is 22.7 Å². The maximum atomic E-state index is 9.40. The number of rotatable bonds is 3. The van der Waals surface area contributed by atoms with Gasteiger partial charge in [0.2, 0.25) is 0 Å². The number of aromatic nitrogens is 4. The zero-order valence-corrected chi connectivity index (χ0v) is 16.4. The zero-order valence-electron chi connectivity index (χ0n) is 16.4. The Morgan fingerprint density at radius 1 is 1.31 bits per heavy atom. The predicted molar refractivity (Wildman–Crippen MR) is 107 cm³/mol. The molecule has 0 aliphatic carbocycles. The number of pyridine rings is 1. The van der Waals surface area contributed by atoms with Crippen LogP contribution in [0.5, 0.6) is 0 Å². The van der Waals surface area contributed by atoms with Crippen LogP contribution in [0.3, 0.4) is 0 Å². The predicted octanol–water partition coefficient (Wildman–Crippen LogP) is 4.08. The van der Waals surface area contributed by atoms with Crippen LogP contribution >= 0.6 is 0 Å². The van der Waals surface area contributed by atoms with Crippen molar-refractivity contribution in [3.63, 3.8) is 0 Å². The average molecular weight is 387 g/mol. The van der Waals surface area contributed by atoms with Gasteiger partial charge >= 0.3 is 0 Å². The number of fused-ring (bicyclic) bond motifs is 3. The summed E-state index contributed by atoms with van der Waals surface area (Å²) in [7, 11) is 0. The molecule has 0 unspecified atom stereocenters. The van der Waals surface area contributed by atoms with Crippen molar-refractivity contribution in [1.82, 2.24) is 19.7 Å². The summed E-state index contributed by atoms with van der Waals surface area (Å²) in [4.78, 5) is 9.61. The van der Waals surface area contributed by atoms with Crippen molar-refractivity contribution in [2.45, 2.75) is 45.3 Å². The van der Waals surface area contributed by atoms with Gasteiger partial charge in [-0.2, -0.15) is 5.26 Å². The number of aryl methyl sites for hydroxylation is 1. The second-order valence-corrected chi connectivity index (χ2v) is 7.72. The first-order chi connectivity index (χ1) is 14.1. The molecule has 5 rings (SSSR count). The standard InChI is InChI=1S/C22H21N5O2/c1-13-8-17(5-6-28-13)27-12-24-21-20(10-16-7-14(2)29-26-16)25-19-4-3-15(11-23)9-18(19)22(21)27/h3-4,7,9,12-13,17H,5-6,8,10H2,1-2H3/t13-,17-/m1/s1. The molecule has 4 heterocycles. The summed E-state index contributed by atoms with van der Waals surface area (Å²) in [6, 6.07) is 10.1. The fraction of sp³-hybridized carbons (Fsp3) is 0.364. The summed E-state index contributed by atoms with van der Waals surface area (Å²) in [6.07, 6.45) is 4.54. The molecular formula is C22H21N5O2. The first-order valence-electron chi connectivity index (χ1n) is 9.85. The fourth-order valence-corrected chi connectivity index (χ4v) is 4.23. The van der Waals surface area contributed by atoms with Gasteiger partial charge in [0.05, 0.1) is 46.5 Å². The largest absolute Gasteiger partial charge is 0.378 e. The van der Waals surface area contributed by atoms with Crippen LogP contribution in [0, 0.1) is 18.3 Å². The molecule has 0 bridgehead atoms. The summed E-state index contributed by atoms with van der Waals surface area (Å²) in [6.45, 7) is 4.73. The lowest BCUT2D eigenvalue weighted by Crippen LogP contribution is -2.25. The fourth-order valence-electron chi connectivity index (χ4n) is 4.23. The van der Waals surface area contributed by atoms with Gasteiger partial charge in [-0.05, 0) is 44.9 Å². The van der Waals surface area contributed by atoms with E-state index in [-0.39, 0.29) is 6.10 Å². The second-order valence-electron chi connectivity index (χ2n) is 7.72. The molecule has 29 heavy (non-hydrogen) atoms. The number of benzene rings is 1. The maximum Gasteiger partial charge on any atom is 0.133 e. The highest BCUT2D eigenvalue weighted by Crippen LogP contribution is 2.33. The monoisotopic (exact) mass is 387 g/mol. The van der Waals surface area contributed by atoms with Crippen molar-refractivity contribution in [1.29, 1.82) is 5.26 Å². The Labute approximate surface area is 167 Å². The third kappa shape index (κ3) is 3.15. The van der Waals surface area contributed by atoms with Gasteiger partial charge in [0, 0.05) is 30.5 Å². The summed E-state index contributed by atoms with van der Waals surface area (Å²) in [5.74, 6) is 0.775. The minimum atomic E-state index is 0.214. The minimum Gasteiger partial charge on any atom is -0.378 e. The molecule has 1 fully saturated rings. The van der Waals surface area contributed by atoms with E-state index in [4.69, 9.17) is 19.2 Å². The topological polar surface area (TPSA) is 89.8 Å². The van der Waals surface area contributed by atoms with Crippen molar-refractivity contribution in [2.24, 2.45) is 0 Å². The normalized spacial score (nSPS) is 19.6. The smallest absolute Gasteiger partial charge is 0.133 e. The van der Waals surface area contributed by atoms with Gasteiger partial charge in [-0.25, -0.2) is 9.97 Å². The molecule has 0 spiro atoms. The quantitative estimate of drug-likeness (QED) is 0.526. The third-order valence-electron chi connectivity index (χ3n) is 5.58. The Balaban J connectivity index is 1.73.